The van der Waals surface area contributed by atoms with Crippen molar-refractivity contribution in [1.82, 2.24) is 0 Å². The van der Waals surface area contributed by atoms with E-state index in [9.17, 15) is 14.7 Å². The highest BCUT2D eigenvalue weighted by Crippen LogP contribution is 2.34. The summed E-state index contributed by atoms with van der Waals surface area (Å²) in [5.41, 5.74) is 2.92. The maximum atomic E-state index is 12.8. The molecule has 0 bridgehead atoms. The van der Waals surface area contributed by atoms with Crippen LogP contribution in [-0.4, -0.2) is 35.5 Å². The number of hydrogen-bond donors (Lipinski definition) is 1. The molecule has 0 amide bonds. The van der Waals surface area contributed by atoms with Gasteiger partial charge in [-0.05, 0) is 38.1 Å². The number of ether oxygens (including phenoxy) is 2. The second-order valence-corrected chi connectivity index (χ2v) is 7.06. The third-order valence-electron chi connectivity index (χ3n) is 5.05. The van der Waals surface area contributed by atoms with Crippen molar-refractivity contribution in [2.24, 2.45) is 5.92 Å². The van der Waals surface area contributed by atoms with Crippen LogP contribution in [0.2, 0.25) is 0 Å². The second kappa shape index (κ2) is 6.25. The van der Waals surface area contributed by atoms with Crippen LogP contribution in [0.1, 0.15) is 38.3 Å². The summed E-state index contributed by atoms with van der Waals surface area (Å²) in [6.45, 7) is 3.88. The maximum absolute atomic E-state index is 12.8. The van der Waals surface area contributed by atoms with Crippen molar-refractivity contribution in [1.29, 1.82) is 0 Å². The first-order valence-corrected chi connectivity index (χ1v) is 8.70. The van der Waals surface area contributed by atoms with Gasteiger partial charge in [0.15, 0.2) is 11.6 Å². The van der Waals surface area contributed by atoms with Crippen LogP contribution in [-0.2, 0) is 0 Å². The van der Waals surface area contributed by atoms with Gasteiger partial charge in [0.2, 0.25) is 0 Å². The zero-order valence-corrected chi connectivity index (χ0v) is 14.7. The third-order valence-corrected chi connectivity index (χ3v) is 5.05. The lowest BCUT2D eigenvalue weighted by molar-refractivity contribution is -0.0179. The van der Waals surface area contributed by atoms with Gasteiger partial charge in [0.25, 0.3) is 0 Å². The average Bonchev–Trinajstić information content (AvgIpc) is 2.62. The van der Waals surface area contributed by atoms with E-state index in [1.54, 1.807) is 24.3 Å². The van der Waals surface area contributed by atoms with Gasteiger partial charge in [0, 0.05) is 0 Å². The average molecular weight is 352 g/mol. The number of Topliss-reactive ketones (excluding diaryl/α,β-unsaturated/α-hetero) is 2. The first kappa shape index (κ1) is 16.8. The van der Waals surface area contributed by atoms with Gasteiger partial charge in [-0.1, -0.05) is 23.3 Å². The number of carbonyl (C=O) groups excluding carboxylic acids is 2. The summed E-state index contributed by atoms with van der Waals surface area (Å²) in [5, 5.41) is 10.8. The van der Waals surface area contributed by atoms with E-state index in [0.29, 0.717) is 22.6 Å². The lowest BCUT2D eigenvalue weighted by Gasteiger charge is -2.34. The van der Waals surface area contributed by atoms with Crippen molar-refractivity contribution in [2.45, 2.75) is 32.5 Å². The number of benzene rings is 2. The smallest absolute Gasteiger partial charge is 0.175 e. The molecule has 0 aromatic heterocycles. The van der Waals surface area contributed by atoms with Gasteiger partial charge in [-0.3, -0.25) is 9.59 Å². The lowest BCUT2D eigenvalue weighted by atomic mass is 9.85. The molecule has 5 nitrogen and oxygen atoms in total. The molecule has 3 atom stereocenters. The Morgan fingerprint density at radius 2 is 1.65 bits per heavy atom. The van der Waals surface area contributed by atoms with Crippen LogP contribution in [0.3, 0.4) is 0 Å². The summed E-state index contributed by atoms with van der Waals surface area (Å²) < 4.78 is 11.5. The highest BCUT2D eigenvalue weighted by Gasteiger charge is 2.41. The topological polar surface area (TPSA) is 72.8 Å². The molecule has 0 aliphatic carbocycles. The minimum absolute atomic E-state index is 0.0437. The fraction of sp³-hybridized carbons (Fsp3) is 0.333. The number of carbonyl (C=O) groups is 2. The highest BCUT2D eigenvalue weighted by atomic mass is 16.5. The Labute approximate surface area is 151 Å². The minimum atomic E-state index is -1.12. The van der Waals surface area contributed by atoms with E-state index in [1.807, 2.05) is 26.0 Å². The number of rotatable bonds is 2. The molecule has 0 radical (unpaired) electrons. The Hall–Kier alpha value is -2.66. The Balaban J connectivity index is 1.59. The highest BCUT2D eigenvalue weighted by molar-refractivity contribution is 6.02. The third kappa shape index (κ3) is 2.78. The molecule has 2 unspecified atom stereocenters. The molecule has 5 heteroatoms. The maximum Gasteiger partial charge on any atom is 0.175 e. The summed E-state index contributed by atoms with van der Waals surface area (Å²) in [6, 6.07) is 10.8. The quantitative estimate of drug-likeness (QED) is 0.900. The molecule has 26 heavy (non-hydrogen) atoms. The molecular formula is C21H20O5. The number of aliphatic hydroxyl groups excluding tert-OH is 1. The molecule has 0 saturated heterocycles. The van der Waals surface area contributed by atoms with Gasteiger partial charge in [-0.2, -0.15) is 0 Å². The number of fused-ring (bicyclic) bond motifs is 2. The SMILES string of the molecule is Cc1ccc2c(c1)C(=O)C[C@@H](C(O)C1COc3ccc(C)cc3C1=O)O2. The molecule has 1 N–H and O–H groups in total. The van der Waals surface area contributed by atoms with Crippen molar-refractivity contribution in [3.8, 4) is 11.5 Å². The second-order valence-electron chi connectivity index (χ2n) is 7.06. The molecule has 0 fully saturated rings. The van der Waals surface area contributed by atoms with Crippen molar-refractivity contribution in [2.75, 3.05) is 6.61 Å². The number of aliphatic hydroxyl groups is 1. The van der Waals surface area contributed by atoms with E-state index < -0.39 is 18.1 Å². The number of hydrogen-bond acceptors (Lipinski definition) is 5. The van der Waals surface area contributed by atoms with Gasteiger partial charge < -0.3 is 14.6 Å². The van der Waals surface area contributed by atoms with Crippen molar-refractivity contribution < 1.29 is 24.2 Å². The van der Waals surface area contributed by atoms with Crippen LogP contribution in [0.15, 0.2) is 36.4 Å². The molecule has 2 aromatic rings. The van der Waals surface area contributed by atoms with E-state index in [2.05, 4.69) is 0 Å². The minimum Gasteiger partial charge on any atom is -0.492 e. The molecule has 4 rings (SSSR count). The fourth-order valence-corrected chi connectivity index (χ4v) is 3.58. The number of ketones is 2. The summed E-state index contributed by atoms with van der Waals surface area (Å²) in [4.78, 5) is 25.3. The van der Waals surface area contributed by atoms with E-state index in [0.717, 1.165) is 11.1 Å². The normalized spacial score (nSPS) is 22.7. The fourth-order valence-electron chi connectivity index (χ4n) is 3.58. The Morgan fingerprint density at radius 1 is 1.00 bits per heavy atom. The van der Waals surface area contributed by atoms with E-state index in [-0.39, 0.29) is 24.6 Å². The van der Waals surface area contributed by atoms with Crippen molar-refractivity contribution >= 4 is 11.6 Å². The van der Waals surface area contributed by atoms with E-state index in [4.69, 9.17) is 9.47 Å². The molecule has 2 heterocycles. The van der Waals surface area contributed by atoms with Gasteiger partial charge in [0.1, 0.15) is 30.3 Å². The van der Waals surface area contributed by atoms with Crippen molar-refractivity contribution in [3.05, 3.63) is 58.7 Å². The summed E-state index contributed by atoms with van der Waals surface area (Å²) in [7, 11) is 0. The molecule has 0 saturated carbocycles. The predicted molar refractivity (Wildman–Crippen MR) is 95.0 cm³/mol. The zero-order valence-electron chi connectivity index (χ0n) is 14.7. The first-order valence-electron chi connectivity index (χ1n) is 8.70. The van der Waals surface area contributed by atoms with Gasteiger partial charge in [0.05, 0.1) is 23.5 Å². The van der Waals surface area contributed by atoms with Crippen LogP contribution in [0.5, 0.6) is 11.5 Å². The van der Waals surface area contributed by atoms with E-state index in [1.165, 1.54) is 0 Å². The zero-order chi connectivity index (χ0) is 18.4. The predicted octanol–water partition coefficient (Wildman–Crippen LogP) is 2.89. The summed E-state index contributed by atoms with van der Waals surface area (Å²) in [5.74, 6) is -0.0245. The van der Waals surface area contributed by atoms with Crippen LogP contribution >= 0.6 is 0 Å². The van der Waals surface area contributed by atoms with Crippen LogP contribution in [0.25, 0.3) is 0 Å². The van der Waals surface area contributed by atoms with Crippen LogP contribution < -0.4 is 9.47 Å². The monoisotopic (exact) mass is 352 g/mol. The first-order chi connectivity index (χ1) is 12.4. The van der Waals surface area contributed by atoms with Crippen LogP contribution in [0.4, 0.5) is 0 Å². The standard InChI is InChI=1S/C21H20O5/c1-11-4-6-18-13(7-11)16(22)9-19(26-18)21(24)15-10-25-17-5-3-12(2)8-14(17)20(15)23/h3-8,15,19,21,24H,9-10H2,1-2H3/t15?,19-,21?/m0/s1. The Morgan fingerprint density at radius 3 is 2.38 bits per heavy atom. The molecule has 0 spiro atoms. The Kier molecular flexibility index (Phi) is 4.04. The Bertz CT molecular complexity index is 901. The number of aryl methyl sites for hydroxylation is 2. The summed E-state index contributed by atoms with van der Waals surface area (Å²) in [6.07, 6.45) is -1.83. The van der Waals surface area contributed by atoms with Crippen molar-refractivity contribution in [3.63, 3.8) is 0 Å². The largest absolute Gasteiger partial charge is 0.492 e. The van der Waals surface area contributed by atoms with Gasteiger partial charge >= 0.3 is 0 Å². The molecule has 134 valence electrons. The summed E-state index contributed by atoms with van der Waals surface area (Å²) >= 11 is 0. The van der Waals surface area contributed by atoms with Gasteiger partial charge in [-0.15, -0.1) is 0 Å². The van der Waals surface area contributed by atoms with Crippen LogP contribution in [0, 0.1) is 19.8 Å². The lowest BCUT2D eigenvalue weighted by Crippen LogP contribution is -2.47. The van der Waals surface area contributed by atoms with Gasteiger partial charge in [-0.25, -0.2) is 0 Å². The molecule has 2 aromatic carbocycles. The molecule has 2 aliphatic rings. The van der Waals surface area contributed by atoms with E-state index >= 15 is 0 Å². The molecular weight excluding hydrogens is 332 g/mol. The molecule has 2 aliphatic heterocycles.